The van der Waals surface area contributed by atoms with Crippen molar-refractivity contribution >= 4 is 23.7 Å². The number of benzene rings is 1. The summed E-state index contributed by atoms with van der Waals surface area (Å²) in [6.07, 6.45) is -0.262. The molecule has 1 aliphatic heterocycles. The highest BCUT2D eigenvalue weighted by atomic mass is 35.5. The number of amides is 3. The molecule has 0 saturated carbocycles. The lowest BCUT2D eigenvalue weighted by atomic mass is 10.2. The van der Waals surface area contributed by atoms with Crippen LogP contribution in [0.15, 0.2) is 24.3 Å². The van der Waals surface area contributed by atoms with E-state index in [0.29, 0.717) is 31.2 Å². The third-order valence-electron chi connectivity index (χ3n) is 4.10. The molecule has 0 spiro atoms. The molecule has 3 amide bonds. The van der Waals surface area contributed by atoms with Crippen molar-refractivity contribution in [2.45, 2.75) is 32.9 Å². The molecule has 1 aromatic carbocycles. The summed E-state index contributed by atoms with van der Waals surface area (Å²) in [5.41, 5.74) is 0.519. The van der Waals surface area contributed by atoms with E-state index in [2.05, 4.69) is 15.5 Å². The number of halogens is 1. The number of urea groups is 1. The van der Waals surface area contributed by atoms with E-state index in [4.69, 9.17) is 16.3 Å². The molecule has 0 unspecified atom stereocenters. The van der Waals surface area contributed by atoms with E-state index in [0.717, 1.165) is 25.2 Å². The molecule has 8 heteroatoms. The van der Waals surface area contributed by atoms with Crippen LogP contribution in [0.25, 0.3) is 0 Å². The van der Waals surface area contributed by atoms with E-state index in [9.17, 15) is 9.59 Å². The van der Waals surface area contributed by atoms with E-state index in [-0.39, 0.29) is 12.1 Å². The predicted octanol–water partition coefficient (Wildman–Crippen LogP) is 2.69. The third-order valence-corrected chi connectivity index (χ3v) is 4.36. The molecule has 1 saturated heterocycles. The first-order valence-electron chi connectivity index (χ1n) is 9.19. The standard InChI is InChI=1S/C19H29ClN4O3/c1-19(2,3)27-18(26)24-12-10-23(11-13-24)9-8-21-17(25)22-14-15-4-6-16(20)7-5-15/h4-7H,8-14H2,1-3H3,(H2,21,22,25). The first-order valence-corrected chi connectivity index (χ1v) is 9.57. The Morgan fingerprint density at radius 2 is 1.70 bits per heavy atom. The molecular formula is C19H29ClN4O3. The van der Waals surface area contributed by atoms with Crippen LogP contribution in [0.3, 0.4) is 0 Å². The fraction of sp³-hybridized carbons (Fsp3) is 0.579. The van der Waals surface area contributed by atoms with Gasteiger partial charge in [0.1, 0.15) is 5.60 Å². The number of carbonyl (C=O) groups excluding carboxylic acids is 2. The largest absolute Gasteiger partial charge is 0.444 e. The van der Waals surface area contributed by atoms with Gasteiger partial charge in [0, 0.05) is 50.8 Å². The highest BCUT2D eigenvalue weighted by molar-refractivity contribution is 6.30. The van der Waals surface area contributed by atoms with Gasteiger partial charge in [-0.05, 0) is 38.5 Å². The topological polar surface area (TPSA) is 73.9 Å². The second kappa shape index (κ2) is 9.80. The fourth-order valence-corrected chi connectivity index (χ4v) is 2.78. The number of rotatable bonds is 5. The van der Waals surface area contributed by atoms with Gasteiger partial charge in [-0.3, -0.25) is 4.90 Å². The van der Waals surface area contributed by atoms with Crippen LogP contribution in [-0.2, 0) is 11.3 Å². The average molecular weight is 397 g/mol. The Hall–Kier alpha value is -1.99. The Morgan fingerprint density at radius 1 is 1.07 bits per heavy atom. The Labute approximate surface area is 166 Å². The van der Waals surface area contributed by atoms with Gasteiger partial charge in [0.25, 0.3) is 0 Å². The fourth-order valence-electron chi connectivity index (χ4n) is 2.66. The first kappa shape index (κ1) is 21.3. The molecule has 27 heavy (non-hydrogen) atoms. The lowest BCUT2D eigenvalue weighted by Gasteiger charge is -2.35. The summed E-state index contributed by atoms with van der Waals surface area (Å²) in [7, 11) is 0. The predicted molar refractivity (Wildman–Crippen MR) is 106 cm³/mol. The van der Waals surface area contributed by atoms with Crippen LogP contribution < -0.4 is 10.6 Å². The van der Waals surface area contributed by atoms with Crippen LogP contribution in [-0.4, -0.2) is 66.8 Å². The maximum absolute atomic E-state index is 12.0. The molecule has 0 aliphatic carbocycles. The van der Waals surface area contributed by atoms with Gasteiger partial charge in [-0.1, -0.05) is 23.7 Å². The van der Waals surface area contributed by atoms with Gasteiger partial charge in [-0.2, -0.15) is 0 Å². The zero-order valence-electron chi connectivity index (χ0n) is 16.3. The quantitative estimate of drug-likeness (QED) is 0.802. The normalized spacial score (nSPS) is 15.3. The number of ether oxygens (including phenoxy) is 1. The van der Waals surface area contributed by atoms with Crippen LogP contribution in [0.5, 0.6) is 0 Å². The minimum Gasteiger partial charge on any atom is -0.444 e. The van der Waals surface area contributed by atoms with E-state index in [1.54, 1.807) is 17.0 Å². The number of piperazine rings is 1. The molecule has 2 N–H and O–H groups in total. The van der Waals surface area contributed by atoms with Crippen molar-refractivity contribution in [3.63, 3.8) is 0 Å². The number of carbonyl (C=O) groups is 2. The second-order valence-corrected chi connectivity index (χ2v) is 7.98. The van der Waals surface area contributed by atoms with Gasteiger partial charge in [0.05, 0.1) is 0 Å². The summed E-state index contributed by atoms with van der Waals surface area (Å²) in [4.78, 5) is 27.9. The minimum atomic E-state index is -0.475. The van der Waals surface area contributed by atoms with Gasteiger partial charge < -0.3 is 20.3 Å². The summed E-state index contributed by atoms with van der Waals surface area (Å²) in [6, 6.07) is 7.16. The molecule has 0 bridgehead atoms. The average Bonchev–Trinajstić information content (AvgIpc) is 2.60. The SMILES string of the molecule is CC(C)(C)OC(=O)N1CCN(CCNC(=O)NCc2ccc(Cl)cc2)CC1. The third kappa shape index (κ3) is 8.05. The van der Waals surface area contributed by atoms with Gasteiger partial charge in [-0.25, -0.2) is 9.59 Å². The van der Waals surface area contributed by atoms with Crippen molar-refractivity contribution < 1.29 is 14.3 Å². The lowest BCUT2D eigenvalue weighted by molar-refractivity contribution is 0.0147. The number of nitrogens with zero attached hydrogens (tertiary/aromatic N) is 2. The summed E-state index contributed by atoms with van der Waals surface area (Å²) >= 11 is 5.84. The smallest absolute Gasteiger partial charge is 0.410 e. The molecule has 1 heterocycles. The van der Waals surface area contributed by atoms with Gasteiger partial charge >= 0.3 is 12.1 Å². The van der Waals surface area contributed by atoms with Crippen molar-refractivity contribution in [3.05, 3.63) is 34.9 Å². The van der Waals surface area contributed by atoms with E-state index in [1.807, 2.05) is 32.9 Å². The highest BCUT2D eigenvalue weighted by Gasteiger charge is 2.25. The zero-order valence-corrected chi connectivity index (χ0v) is 17.0. The summed E-state index contributed by atoms with van der Waals surface area (Å²) in [6.45, 7) is 10.2. The molecule has 0 radical (unpaired) electrons. The van der Waals surface area contributed by atoms with E-state index < -0.39 is 5.60 Å². The Balaban J connectivity index is 1.59. The molecule has 1 aliphatic rings. The minimum absolute atomic E-state index is 0.197. The summed E-state index contributed by atoms with van der Waals surface area (Å²) in [5.74, 6) is 0. The van der Waals surface area contributed by atoms with Crippen LogP contribution >= 0.6 is 11.6 Å². The molecule has 150 valence electrons. The molecule has 2 rings (SSSR count). The number of hydrogen-bond acceptors (Lipinski definition) is 4. The van der Waals surface area contributed by atoms with Crippen molar-refractivity contribution in [2.24, 2.45) is 0 Å². The number of hydrogen-bond donors (Lipinski definition) is 2. The maximum Gasteiger partial charge on any atom is 0.410 e. The zero-order chi connectivity index (χ0) is 19.9. The van der Waals surface area contributed by atoms with Crippen LogP contribution in [0.4, 0.5) is 9.59 Å². The Morgan fingerprint density at radius 3 is 2.30 bits per heavy atom. The van der Waals surface area contributed by atoms with Crippen LogP contribution in [0.1, 0.15) is 26.3 Å². The van der Waals surface area contributed by atoms with Crippen LogP contribution in [0.2, 0.25) is 5.02 Å². The molecule has 0 atom stereocenters. The number of nitrogens with one attached hydrogen (secondary N) is 2. The van der Waals surface area contributed by atoms with Crippen LogP contribution in [0, 0.1) is 0 Å². The summed E-state index contributed by atoms with van der Waals surface area (Å²) < 4.78 is 5.39. The van der Waals surface area contributed by atoms with Crippen molar-refractivity contribution in [1.29, 1.82) is 0 Å². The molecule has 1 aromatic rings. The summed E-state index contributed by atoms with van der Waals surface area (Å²) in [5, 5.41) is 6.35. The molecular weight excluding hydrogens is 368 g/mol. The molecule has 7 nitrogen and oxygen atoms in total. The maximum atomic E-state index is 12.0. The van der Waals surface area contributed by atoms with Gasteiger partial charge in [-0.15, -0.1) is 0 Å². The second-order valence-electron chi connectivity index (χ2n) is 7.54. The first-order chi connectivity index (χ1) is 12.7. The van der Waals surface area contributed by atoms with Crippen molar-refractivity contribution in [1.82, 2.24) is 20.4 Å². The van der Waals surface area contributed by atoms with Gasteiger partial charge in [0.15, 0.2) is 0 Å². The molecule has 1 fully saturated rings. The van der Waals surface area contributed by atoms with E-state index >= 15 is 0 Å². The van der Waals surface area contributed by atoms with Crippen molar-refractivity contribution in [3.8, 4) is 0 Å². The molecule has 0 aromatic heterocycles. The Bertz CT molecular complexity index is 623. The van der Waals surface area contributed by atoms with Crippen molar-refractivity contribution in [2.75, 3.05) is 39.3 Å². The van der Waals surface area contributed by atoms with E-state index in [1.165, 1.54) is 0 Å². The lowest BCUT2D eigenvalue weighted by Crippen LogP contribution is -2.51. The Kier molecular flexibility index (Phi) is 7.74. The highest BCUT2D eigenvalue weighted by Crippen LogP contribution is 2.12. The monoisotopic (exact) mass is 396 g/mol. The van der Waals surface area contributed by atoms with Gasteiger partial charge in [0.2, 0.25) is 0 Å².